The summed E-state index contributed by atoms with van der Waals surface area (Å²) < 4.78 is 1.98. The van der Waals surface area contributed by atoms with Crippen LogP contribution in [0.15, 0.2) is 49.1 Å². The number of nitrogens with zero attached hydrogens (tertiary/aromatic N) is 5. The molecule has 0 aliphatic carbocycles. The maximum Gasteiger partial charge on any atom is 0.141 e. The summed E-state index contributed by atoms with van der Waals surface area (Å²) in [4.78, 5) is 13.5. The molecule has 0 atom stereocenters. The van der Waals surface area contributed by atoms with E-state index in [1.54, 1.807) is 17.7 Å². The highest BCUT2D eigenvalue weighted by atomic mass is 32.1. The lowest BCUT2D eigenvalue weighted by Gasteiger charge is -2.18. The quantitative estimate of drug-likeness (QED) is 0.533. The maximum absolute atomic E-state index is 4.55. The van der Waals surface area contributed by atoms with Crippen LogP contribution in [-0.2, 0) is 13.1 Å². The smallest absolute Gasteiger partial charge is 0.141 e. The number of fused-ring (bicyclic) bond motifs is 1. The zero-order chi connectivity index (χ0) is 18.1. The summed E-state index contributed by atoms with van der Waals surface area (Å²) in [6.07, 6.45) is 5.69. The van der Waals surface area contributed by atoms with Gasteiger partial charge in [0, 0.05) is 30.2 Å². The van der Waals surface area contributed by atoms with Gasteiger partial charge in [-0.2, -0.15) is 5.10 Å². The summed E-state index contributed by atoms with van der Waals surface area (Å²) in [6, 6.07) is 10.4. The van der Waals surface area contributed by atoms with Gasteiger partial charge in [0.1, 0.15) is 17.0 Å². The van der Waals surface area contributed by atoms with Crippen molar-refractivity contribution < 1.29 is 0 Å². The minimum absolute atomic E-state index is 0.759. The van der Waals surface area contributed by atoms with E-state index in [-0.39, 0.29) is 0 Å². The summed E-state index contributed by atoms with van der Waals surface area (Å²) in [5.74, 6) is 0.979. The van der Waals surface area contributed by atoms with Crippen molar-refractivity contribution in [2.75, 3.05) is 11.9 Å². The van der Waals surface area contributed by atoms with Gasteiger partial charge in [-0.15, -0.1) is 11.3 Å². The van der Waals surface area contributed by atoms with Gasteiger partial charge in [-0.3, -0.25) is 4.68 Å². The molecule has 0 saturated heterocycles. The van der Waals surface area contributed by atoms with Crippen LogP contribution in [0.25, 0.3) is 10.2 Å². The van der Waals surface area contributed by atoms with Gasteiger partial charge in [0.15, 0.2) is 0 Å². The Kier molecular flexibility index (Phi) is 4.42. The van der Waals surface area contributed by atoms with Crippen LogP contribution < -0.4 is 4.90 Å². The Morgan fingerprint density at radius 2 is 1.88 bits per heavy atom. The molecular weight excluding hydrogens is 342 g/mol. The highest BCUT2D eigenvalue weighted by Crippen LogP contribution is 2.34. The number of aromatic nitrogens is 4. The van der Waals surface area contributed by atoms with Crippen molar-refractivity contribution >= 4 is 27.4 Å². The molecule has 0 saturated carbocycles. The predicted molar refractivity (Wildman–Crippen MR) is 107 cm³/mol. The third-order valence-electron chi connectivity index (χ3n) is 4.60. The van der Waals surface area contributed by atoms with Crippen molar-refractivity contribution in [2.24, 2.45) is 0 Å². The number of anilines is 1. The summed E-state index contributed by atoms with van der Waals surface area (Å²) in [7, 11) is 2.07. The van der Waals surface area contributed by atoms with Gasteiger partial charge in [0.05, 0.1) is 18.1 Å². The van der Waals surface area contributed by atoms with Crippen LogP contribution in [0.2, 0.25) is 0 Å². The highest BCUT2D eigenvalue weighted by Gasteiger charge is 2.15. The Morgan fingerprint density at radius 1 is 1.08 bits per heavy atom. The molecule has 0 amide bonds. The fourth-order valence-electron chi connectivity index (χ4n) is 3.15. The molecule has 26 heavy (non-hydrogen) atoms. The van der Waals surface area contributed by atoms with Crippen molar-refractivity contribution in [1.82, 2.24) is 19.7 Å². The molecule has 5 nitrogen and oxygen atoms in total. The van der Waals surface area contributed by atoms with Crippen LogP contribution in [0.5, 0.6) is 0 Å². The van der Waals surface area contributed by atoms with Crippen LogP contribution in [0.1, 0.15) is 21.6 Å². The average Bonchev–Trinajstić information content (AvgIpc) is 3.20. The topological polar surface area (TPSA) is 46.8 Å². The maximum atomic E-state index is 4.55. The van der Waals surface area contributed by atoms with Crippen molar-refractivity contribution in [3.05, 3.63) is 70.6 Å². The zero-order valence-electron chi connectivity index (χ0n) is 15.2. The van der Waals surface area contributed by atoms with E-state index in [4.69, 9.17) is 0 Å². The van der Waals surface area contributed by atoms with Gasteiger partial charge in [-0.1, -0.05) is 30.3 Å². The number of hydrogen-bond acceptors (Lipinski definition) is 5. The van der Waals surface area contributed by atoms with E-state index >= 15 is 0 Å². The number of rotatable bonds is 5. The Bertz CT molecular complexity index is 1030. The summed E-state index contributed by atoms with van der Waals surface area (Å²) in [6.45, 7) is 5.83. The molecule has 1 aromatic carbocycles. The number of hydrogen-bond donors (Lipinski definition) is 0. The molecule has 3 heterocycles. The second kappa shape index (κ2) is 6.88. The third kappa shape index (κ3) is 3.20. The molecule has 0 aliphatic rings. The Hall–Kier alpha value is -2.73. The Morgan fingerprint density at radius 3 is 2.69 bits per heavy atom. The van der Waals surface area contributed by atoms with E-state index in [0.29, 0.717) is 0 Å². The Labute approximate surface area is 156 Å². The van der Waals surface area contributed by atoms with Crippen molar-refractivity contribution in [2.45, 2.75) is 26.9 Å². The molecule has 132 valence electrons. The molecule has 0 bridgehead atoms. The van der Waals surface area contributed by atoms with Gasteiger partial charge in [0.2, 0.25) is 0 Å². The van der Waals surface area contributed by atoms with E-state index in [1.165, 1.54) is 21.6 Å². The molecule has 0 unspecified atom stereocenters. The lowest BCUT2D eigenvalue weighted by Crippen LogP contribution is -2.18. The zero-order valence-corrected chi connectivity index (χ0v) is 16.0. The second-order valence-electron chi connectivity index (χ2n) is 6.55. The second-order valence-corrected chi connectivity index (χ2v) is 7.75. The minimum Gasteiger partial charge on any atom is -0.355 e. The largest absolute Gasteiger partial charge is 0.355 e. The SMILES string of the molecule is Cc1sc2ncnc(N(C)Cc3cnn(Cc4ccccc4)c3)c2c1C. The van der Waals surface area contributed by atoms with Crippen LogP contribution >= 0.6 is 11.3 Å². The Balaban J connectivity index is 1.55. The normalized spacial score (nSPS) is 11.2. The summed E-state index contributed by atoms with van der Waals surface area (Å²) in [5, 5.41) is 5.66. The first-order valence-electron chi connectivity index (χ1n) is 8.59. The molecule has 4 aromatic rings. The molecule has 6 heteroatoms. The number of aryl methyl sites for hydroxylation is 2. The molecule has 0 spiro atoms. The van der Waals surface area contributed by atoms with E-state index in [1.807, 2.05) is 16.9 Å². The van der Waals surface area contributed by atoms with Crippen LogP contribution in [-0.4, -0.2) is 26.8 Å². The van der Waals surface area contributed by atoms with Crippen molar-refractivity contribution in [3.63, 3.8) is 0 Å². The predicted octanol–water partition coefficient (Wildman–Crippen LogP) is 4.19. The van der Waals surface area contributed by atoms with E-state index in [9.17, 15) is 0 Å². The first kappa shape index (κ1) is 16.7. The number of benzene rings is 1. The van der Waals surface area contributed by atoms with Gasteiger partial charge >= 0.3 is 0 Å². The molecule has 0 radical (unpaired) electrons. The monoisotopic (exact) mass is 363 g/mol. The molecule has 3 aromatic heterocycles. The minimum atomic E-state index is 0.759. The standard InChI is InChI=1S/C20H21N5S/c1-14-15(2)26-20-18(14)19(21-13-22-20)24(3)10-17-9-23-25(12-17)11-16-7-5-4-6-8-16/h4-9,12-13H,10-11H2,1-3H3. The van der Waals surface area contributed by atoms with Gasteiger partial charge in [-0.05, 0) is 25.0 Å². The average molecular weight is 363 g/mol. The van der Waals surface area contributed by atoms with E-state index in [0.717, 1.165) is 29.1 Å². The first-order chi connectivity index (χ1) is 12.6. The van der Waals surface area contributed by atoms with Crippen LogP contribution in [0, 0.1) is 13.8 Å². The van der Waals surface area contributed by atoms with E-state index in [2.05, 4.69) is 71.3 Å². The highest BCUT2D eigenvalue weighted by molar-refractivity contribution is 7.18. The fourth-order valence-corrected chi connectivity index (χ4v) is 4.14. The summed E-state index contributed by atoms with van der Waals surface area (Å²) in [5.41, 5.74) is 3.68. The van der Waals surface area contributed by atoms with Gasteiger partial charge in [-0.25, -0.2) is 9.97 Å². The van der Waals surface area contributed by atoms with E-state index < -0.39 is 0 Å². The molecular formula is C20H21N5S. The lowest BCUT2D eigenvalue weighted by molar-refractivity contribution is 0.686. The molecule has 4 rings (SSSR count). The number of thiophene rings is 1. The van der Waals surface area contributed by atoms with Crippen LogP contribution in [0.3, 0.4) is 0 Å². The lowest BCUT2D eigenvalue weighted by atomic mass is 10.2. The van der Waals surface area contributed by atoms with Gasteiger partial charge in [0.25, 0.3) is 0 Å². The third-order valence-corrected chi connectivity index (χ3v) is 5.72. The first-order valence-corrected chi connectivity index (χ1v) is 9.40. The summed E-state index contributed by atoms with van der Waals surface area (Å²) >= 11 is 1.73. The van der Waals surface area contributed by atoms with Gasteiger partial charge < -0.3 is 4.90 Å². The molecule has 0 aliphatic heterocycles. The fraction of sp³-hybridized carbons (Fsp3) is 0.250. The molecule has 0 N–H and O–H groups in total. The van der Waals surface area contributed by atoms with Crippen LogP contribution in [0.4, 0.5) is 5.82 Å². The van der Waals surface area contributed by atoms with Crippen molar-refractivity contribution in [1.29, 1.82) is 0 Å². The van der Waals surface area contributed by atoms with Crippen molar-refractivity contribution in [3.8, 4) is 0 Å². The molecule has 0 fully saturated rings.